The zero-order chi connectivity index (χ0) is 99.2. The quantitative estimate of drug-likeness (QED) is 0.00505. The number of esters is 5. The van der Waals surface area contributed by atoms with Gasteiger partial charge in [-0.05, 0) is 245 Å². The first kappa shape index (κ1) is 136. The van der Waals surface area contributed by atoms with Crippen molar-refractivity contribution in [2.24, 2.45) is 0 Å². The van der Waals surface area contributed by atoms with Crippen LogP contribution in [-0.4, -0.2) is 111 Å². The molecule has 0 amide bonds. The molecule has 0 saturated heterocycles. The minimum absolute atomic E-state index is 0. The Kier molecular flexibility index (Phi) is 80.6. The molecule has 0 aliphatic heterocycles. The van der Waals surface area contributed by atoms with Crippen LogP contribution in [0.3, 0.4) is 0 Å². The molecule has 724 valence electrons. The molecule has 0 aliphatic carbocycles. The number of aliphatic carboxylic acids is 1. The Bertz CT molecular complexity index is 5170. The van der Waals surface area contributed by atoms with Crippen molar-refractivity contribution >= 4 is 141 Å². The predicted molar refractivity (Wildman–Crippen MR) is 576 cm³/mol. The van der Waals surface area contributed by atoms with Crippen LogP contribution in [0.15, 0.2) is 430 Å². The smallest absolute Gasteiger partial charge is 0.870 e. The molecule has 0 spiro atoms. The Hall–Kier alpha value is -10.9. The van der Waals surface area contributed by atoms with Crippen molar-refractivity contribution in [2.45, 2.75) is 144 Å². The summed E-state index contributed by atoms with van der Waals surface area (Å²) in [6.07, 6.45) is 55.8. The van der Waals surface area contributed by atoms with Gasteiger partial charge in [0.25, 0.3) is 0 Å². The molecule has 6 rings (SSSR count). The van der Waals surface area contributed by atoms with E-state index in [9.17, 15) is 53.1 Å². The third kappa shape index (κ3) is 55.7. The minimum atomic E-state index is -2.20. The van der Waals surface area contributed by atoms with Gasteiger partial charge in [0.1, 0.15) is 65.2 Å². The first-order valence-electron chi connectivity index (χ1n) is 43.8. The van der Waals surface area contributed by atoms with E-state index in [1.54, 1.807) is 155 Å². The molecule has 0 bridgehead atoms. The molecule has 6 aromatic carbocycles. The number of carboxylic acid groups (broad SMARTS) is 1. The second-order valence-electron chi connectivity index (χ2n) is 29.8. The van der Waals surface area contributed by atoms with E-state index in [1.165, 1.54) is 38.8 Å². The summed E-state index contributed by atoms with van der Waals surface area (Å²) < 4.78 is 25.4. The summed E-state index contributed by atoms with van der Waals surface area (Å²) in [6, 6.07) is 63.2. The number of hydrogen-bond donors (Lipinski definition) is 0. The Morgan fingerprint density at radius 1 is 0.319 bits per heavy atom. The van der Waals surface area contributed by atoms with Gasteiger partial charge in [0.05, 0.1) is 45.2 Å². The molecule has 23 heteroatoms. The predicted octanol–water partition coefficient (Wildman–Crippen LogP) is 16.7. The average Bonchev–Trinajstić information content (AvgIpc) is 0.760. The first-order valence-corrected chi connectivity index (χ1v) is 47.7. The van der Waals surface area contributed by atoms with Gasteiger partial charge in [0.15, 0.2) is 5.66 Å². The van der Waals surface area contributed by atoms with Crippen molar-refractivity contribution in [3.63, 3.8) is 0 Å². The molecule has 1 unspecified atom stereocenters. The fourth-order valence-electron chi connectivity index (χ4n) is 11.7. The number of hydrogen-bond acceptors (Lipinski definition) is 17. The van der Waals surface area contributed by atoms with Gasteiger partial charge in [-0.3, -0.25) is 14.4 Å². The number of benzene rings is 6. The Balaban J connectivity index is -0.000000517. The van der Waals surface area contributed by atoms with Crippen LogP contribution in [-0.2, 0) is 71.6 Å². The number of ether oxygens (including phenoxy) is 5. The van der Waals surface area contributed by atoms with E-state index in [4.69, 9.17) is 23.7 Å². The van der Waals surface area contributed by atoms with Crippen molar-refractivity contribution < 1.29 is 141 Å². The summed E-state index contributed by atoms with van der Waals surface area (Å²) in [7, 11) is -4.15. The average molecular weight is 2060 g/mol. The fraction of sp³-hybridized carbons (Fsp3) is 0.235. The van der Waals surface area contributed by atoms with Gasteiger partial charge in [-0.15, -0.1) is 40.0 Å². The van der Waals surface area contributed by atoms with Gasteiger partial charge < -0.3 is 43.9 Å². The molecular formula is C115H137Br2Na2O17P2+. The maximum Gasteiger partial charge on any atom is 1.00 e. The van der Waals surface area contributed by atoms with Crippen LogP contribution < -0.4 is 96.0 Å². The van der Waals surface area contributed by atoms with Crippen LogP contribution in [0.4, 0.5) is 0 Å². The summed E-state index contributed by atoms with van der Waals surface area (Å²) in [5, 5.41) is 18.0. The van der Waals surface area contributed by atoms with E-state index in [0.29, 0.717) is 77.6 Å². The van der Waals surface area contributed by atoms with E-state index in [-0.39, 0.29) is 140 Å². The number of aldehydes is 3. The molecule has 0 fully saturated rings. The van der Waals surface area contributed by atoms with Crippen molar-refractivity contribution in [3.05, 3.63) is 430 Å². The van der Waals surface area contributed by atoms with Crippen molar-refractivity contribution in [3.8, 4) is 0 Å². The summed E-state index contributed by atoms with van der Waals surface area (Å²) in [5.41, 5.74) is 9.71. The third-order valence-corrected chi connectivity index (χ3v) is 27.7. The Labute approximate surface area is 888 Å². The second kappa shape index (κ2) is 82.1. The summed E-state index contributed by atoms with van der Waals surface area (Å²) in [5.74, 6) is -2.44. The van der Waals surface area contributed by atoms with E-state index in [0.717, 1.165) is 52.9 Å². The number of halogens is 2. The molecule has 17 nitrogen and oxygen atoms in total. The zero-order valence-electron chi connectivity index (χ0n) is 84.2. The second-order valence-corrected chi connectivity index (χ2v) is 37.1. The Morgan fingerprint density at radius 3 is 0.819 bits per heavy atom. The number of rotatable bonds is 40. The van der Waals surface area contributed by atoms with E-state index < -0.39 is 20.5 Å². The molecule has 0 aliphatic rings. The van der Waals surface area contributed by atoms with E-state index in [1.807, 2.05) is 220 Å². The standard InChI is InChI=1S/C25H26O2P.C23H24O2P.C22H30O4.C18H21O3.C17H22O3.C10H12O2.2BrH.2Na.H2O/c1-3-27-25(26)21(2)19-20-28(22-13-7-4-8-14-22,23-15-9-5-10-16-23)24-17-11-6-12-18-24;1-3-25-23(24)19(2)26(20-13-7-4-8-14-20,21-15-9-5-10-16-21)22-17-11-6-12-18-22;1-7-25-21(23)19(5)15-11-14-17(3)12-9-10-13-18(4)16-20(6)22(24)26-8-2;1-14(10-7-11-16(3)13-19)8-5-6-9-15(2)12-17(4)18(20)21;1-5-20-17(19)16(4)12-8-11-14(2)9-6-7-10-15(3)13-18;1-9(7-11)5-3-4-6-10(2)8-12;;;;;/h4-19H,3,20H2,1-2H3;4-19H,3H2,1-2H3;9-16H,7-8H2,1-6H3;5-12H,1-4H3,(H,20,21);6-13H,5H2,1-4H3;3-8H,1-2H3;2*1H;;;1H2/q2*+1;;-1;;;;;2*+1;/p-2/b21-19+;;10-9+,14-11+,17-12+,18-13+,19-15+,20-16+;6-5+,10-7+,14-8+,15-9+,16-11+,17-12+;7-6+,11-8+,14-9+,15-10+,16-12+;4-3+,9-5+,10-6+;;;;;. The van der Waals surface area contributed by atoms with Crippen LogP contribution >= 0.6 is 48.5 Å². The normalized spacial score (nSPS) is 12.9. The number of carbonyl (C=O) groups is 9. The van der Waals surface area contributed by atoms with Crippen LogP contribution in [0.5, 0.6) is 0 Å². The van der Waals surface area contributed by atoms with Crippen LogP contribution in [0.1, 0.15) is 138 Å². The summed E-state index contributed by atoms with van der Waals surface area (Å²) >= 11 is 0. The van der Waals surface area contributed by atoms with Gasteiger partial charge in [0.2, 0.25) is 0 Å². The van der Waals surface area contributed by atoms with Crippen LogP contribution in [0, 0.1) is 0 Å². The SMILES string of the molecule is Br.Br.CCOC(=O)/C(C)=C/C=C/C(C)=C/C=C/C=C(C)/C=C(\C)C(=O)OCC.CCOC(=O)/C(C)=C/C=C/C(C)=C/C=C/C=C(\C)C=O.CCOC(=O)/C(C)=C/C[P+](c1ccccc1)(c1ccccc1)c1ccccc1.CCOC(=O)C(C)[P+](c1ccccc1)(c1ccccc1)c1ccccc1.C\C(C=O)=C/C=C/C=C(\C)C=O.C\C([C-]=O)=C/C=C/C(C)=C/C=C/C=C(C)/C=C(\C)C(=O)[O-].[Na+].[Na+].[OH-]. The van der Waals surface area contributed by atoms with E-state index in [2.05, 4.69) is 115 Å². The van der Waals surface area contributed by atoms with Gasteiger partial charge in [-0.25, -0.2) is 30.0 Å². The largest absolute Gasteiger partial charge is 1.00 e. The monoisotopic (exact) mass is 2060 g/mol. The van der Waals surface area contributed by atoms with Crippen molar-refractivity contribution in [1.29, 1.82) is 0 Å². The maximum absolute atomic E-state index is 12.9. The van der Waals surface area contributed by atoms with Gasteiger partial charge in [0, 0.05) is 22.3 Å². The van der Waals surface area contributed by atoms with E-state index >= 15 is 0 Å². The van der Waals surface area contributed by atoms with Crippen molar-refractivity contribution in [2.75, 3.05) is 39.2 Å². The van der Waals surface area contributed by atoms with Gasteiger partial charge >= 0.3 is 89.0 Å². The summed E-state index contributed by atoms with van der Waals surface area (Å²) in [4.78, 5) is 111. The summed E-state index contributed by atoms with van der Waals surface area (Å²) in [6.45, 7) is 37.9. The van der Waals surface area contributed by atoms with Crippen LogP contribution in [0.2, 0.25) is 0 Å². The molecule has 0 aromatic heterocycles. The topological polar surface area (TPSA) is 270 Å². The molecule has 6 aromatic rings. The third-order valence-electron chi connectivity index (χ3n) is 18.7. The number of allylic oxidation sites excluding steroid dienone is 37. The zero-order valence-corrected chi connectivity index (χ0v) is 93.4. The number of carbonyl (C=O) groups excluding carboxylic acids is 10. The maximum atomic E-state index is 12.9. The van der Waals surface area contributed by atoms with Crippen LogP contribution in [0.25, 0.3) is 0 Å². The van der Waals surface area contributed by atoms with Crippen molar-refractivity contribution in [1.82, 2.24) is 0 Å². The molecule has 1 atom stereocenters. The van der Waals surface area contributed by atoms with Gasteiger partial charge in [-0.1, -0.05) is 290 Å². The van der Waals surface area contributed by atoms with Gasteiger partial charge in [-0.2, -0.15) is 5.57 Å². The minimum Gasteiger partial charge on any atom is -0.870 e. The molecule has 0 radical (unpaired) electrons. The number of carboxylic acids is 1. The molecule has 1 N–H and O–H groups in total. The first-order chi connectivity index (χ1) is 63.8. The Morgan fingerprint density at radius 2 is 0.558 bits per heavy atom. The molecule has 0 saturated carbocycles. The molecule has 138 heavy (non-hydrogen) atoms. The molecule has 0 heterocycles. The fourth-order valence-corrected chi connectivity index (χ4v) is 20.4. The molecular weight excluding hydrogens is 1920 g/mol.